The van der Waals surface area contributed by atoms with Crippen molar-refractivity contribution in [2.24, 2.45) is 0 Å². The fourth-order valence-corrected chi connectivity index (χ4v) is 2.25. The number of hydrogen-bond acceptors (Lipinski definition) is 4. The van der Waals surface area contributed by atoms with Gasteiger partial charge in [-0.05, 0) is 48.5 Å². The van der Waals surface area contributed by atoms with E-state index in [4.69, 9.17) is 25.6 Å². The summed E-state index contributed by atoms with van der Waals surface area (Å²) in [5, 5.41) is 0.407. The lowest BCUT2D eigenvalue weighted by Gasteiger charge is -2.32. The van der Waals surface area contributed by atoms with Gasteiger partial charge in [0.1, 0.15) is 5.60 Å². The average molecular weight is 328 g/mol. The molecule has 122 valence electrons. The first-order chi connectivity index (χ1) is 9.82. The van der Waals surface area contributed by atoms with Crippen molar-refractivity contribution in [1.29, 1.82) is 0 Å². The third-order valence-electron chi connectivity index (χ3n) is 3.92. The van der Waals surface area contributed by atoms with E-state index in [0.717, 1.165) is 0 Å². The molecule has 1 aliphatic heterocycles. The molecule has 1 saturated heterocycles. The summed E-state index contributed by atoms with van der Waals surface area (Å²) >= 11 is 6.24. The fraction of sp³-hybridized carbons (Fsp3) is 0.667. The monoisotopic (exact) mass is 327 g/mol. The van der Waals surface area contributed by atoms with Crippen molar-refractivity contribution in [1.82, 2.24) is 4.57 Å². The molecule has 5 nitrogen and oxygen atoms in total. The number of carbonyl (C=O) groups excluding carboxylic acids is 1. The molecule has 0 unspecified atom stereocenters. The second-order valence-electron chi connectivity index (χ2n) is 7.54. The van der Waals surface area contributed by atoms with Gasteiger partial charge in [0.15, 0.2) is 0 Å². The summed E-state index contributed by atoms with van der Waals surface area (Å²) in [6, 6.07) is 0. The van der Waals surface area contributed by atoms with Crippen LogP contribution in [0.3, 0.4) is 0 Å². The lowest BCUT2D eigenvalue weighted by atomic mass is 9.81. The van der Waals surface area contributed by atoms with Crippen LogP contribution in [0.5, 0.6) is 0 Å². The predicted octanol–water partition coefficient (Wildman–Crippen LogP) is 3.22. The maximum Gasteiger partial charge on any atom is 0.497 e. The van der Waals surface area contributed by atoms with Crippen LogP contribution in [-0.2, 0) is 14.0 Å². The maximum atomic E-state index is 12.1. The molecule has 0 bridgehead atoms. The molecule has 1 fully saturated rings. The molecular weight excluding hydrogens is 304 g/mol. The van der Waals surface area contributed by atoms with Gasteiger partial charge in [0, 0.05) is 17.9 Å². The first kappa shape index (κ1) is 17.4. The largest absolute Gasteiger partial charge is 0.497 e. The minimum Gasteiger partial charge on any atom is -0.443 e. The van der Waals surface area contributed by atoms with Gasteiger partial charge in [-0.1, -0.05) is 11.6 Å². The van der Waals surface area contributed by atoms with Crippen molar-refractivity contribution in [2.75, 3.05) is 0 Å². The van der Waals surface area contributed by atoms with Crippen molar-refractivity contribution in [3.8, 4) is 0 Å². The second kappa shape index (κ2) is 5.29. The number of halogens is 1. The standard InChI is InChI=1S/C15H23BClNO4/c1-13(2,3)20-12(19)18-8-10(11(17)9-18)16-21-14(4,5)15(6,7)22-16/h8-9H,1-7H3. The summed E-state index contributed by atoms with van der Waals surface area (Å²) in [6.45, 7) is 13.3. The molecule has 0 amide bonds. The molecule has 1 aromatic rings. The first-order valence-corrected chi connectivity index (χ1v) is 7.67. The third-order valence-corrected chi connectivity index (χ3v) is 4.23. The van der Waals surface area contributed by atoms with Crippen LogP contribution in [0.2, 0.25) is 5.02 Å². The van der Waals surface area contributed by atoms with Gasteiger partial charge >= 0.3 is 13.2 Å². The Kier molecular flexibility index (Phi) is 4.18. The number of ether oxygens (including phenoxy) is 1. The zero-order valence-electron chi connectivity index (χ0n) is 14.2. The van der Waals surface area contributed by atoms with Gasteiger partial charge < -0.3 is 14.0 Å². The van der Waals surface area contributed by atoms with Gasteiger partial charge in [-0.3, -0.25) is 4.57 Å². The summed E-state index contributed by atoms with van der Waals surface area (Å²) in [5.74, 6) is 0. The highest BCUT2D eigenvalue weighted by Gasteiger charge is 2.52. The summed E-state index contributed by atoms with van der Waals surface area (Å²) in [7, 11) is -0.610. The smallest absolute Gasteiger partial charge is 0.443 e. The zero-order chi connectivity index (χ0) is 16.9. The van der Waals surface area contributed by atoms with Crippen molar-refractivity contribution < 1.29 is 18.8 Å². The van der Waals surface area contributed by atoms with Crippen LogP contribution < -0.4 is 5.46 Å². The fourth-order valence-electron chi connectivity index (χ4n) is 2.01. The van der Waals surface area contributed by atoms with Crippen LogP contribution in [0, 0.1) is 0 Å². The van der Waals surface area contributed by atoms with E-state index in [-0.39, 0.29) is 0 Å². The highest BCUT2D eigenvalue weighted by molar-refractivity contribution is 6.65. The molecule has 0 aliphatic carbocycles. The van der Waals surface area contributed by atoms with E-state index in [2.05, 4.69) is 0 Å². The van der Waals surface area contributed by atoms with Gasteiger partial charge in [0.25, 0.3) is 0 Å². The Morgan fingerprint density at radius 1 is 1.18 bits per heavy atom. The lowest BCUT2D eigenvalue weighted by molar-refractivity contribution is 0.00578. The van der Waals surface area contributed by atoms with E-state index in [9.17, 15) is 4.79 Å². The van der Waals surface area contributed by atoms with Gasteiger partial charge in [0.2, 0.25) is 0 Å². The zero-order valence-corrected chi connectivity index (χ0v) is 14.9. The van der Waals surface area contributed by atoms with E-state index in [1.807, 2.05) is 48.5 Å². The Labute approximate surface area is 137 Å². The molecule has 0 saturated carbocycles. The minimum absolute atomic E-state index is 0.407. The molecule has 22 heavy (non-hydrogen) atoms. The molecule has 2 heterocycles. The second-order valence-corrected chi connectivity index (χ2v) is 7.94. The van der Waals surface area contributed by atoms with E-state index < -0.39 is 30.0 Å². The lowest BCUT2D eigenvalue weighted by Crippen LogP contribution is -2.41. The number of aromatic nitrogens is 1. The molecule has 0 spiro atoms. The van der Waals surface area contributed by atoms with Crippen LogP contribution in [-0.4, -0.2) is 34.6 Å². The SMILES string of the molecule is CC(C)(C)OC(=O)n1cc(Cl)c(B2OC(C)(C)C(C)(C)O2)c1. The first-order valence-electron chi connectivity index (χ1n) is 7.29. The summed E-state index contributed by atoms with van der Waals surface area (Å²) < 4.78 is 18.5. The van der Waals surface area contributed by atoms with Crippen molar-refractivity contribution in [3.63, 3.8) is 0 Å². The van der Waals surface area contributed by atoms with Crippen LogP contribution in [0.25, 0.3) is 0 Å². The van der Waals surface area contributed by atoms with Crippen molar-refractivity contribution >= 4 is 30.3 Å². The number of rotatable bonds is 1. The van der Waals surface area contributed by atoms with E-state index in [0.29, 0.717) is 10.5 Å². The Morgan fingerprint density at radius 3 is 2.14 bits per heavy atom. The van der Waals surface area contributed by atoms with Crippen LogP contribution in [0.15, 0.2) is 12.4 Å². The summed E-state index contributed by atoms with van der Waals surface area (Å²) in [4.78, 5) is 12.1. The van der Waals surface area contributed by atoms with Crippen LogP contribution in [0.1, 0.15) is 48.5 Å². The predicted molar refractivity (Wildman–Crippen MR) is 86.8 cm³/mol. The molecule has 0 atom stereocenters. The van der Waals surface area contributed by atoms with Gasteiger partial charge in [-0.15, -0.1) is 0 Å². The van der Waals surface area contributed by atoms with E-state index >= 15 is 0 Å². The number of carbonyl (C=O) groups is 1. The van der Waals surface area contributed by atoms with Crippen molar-refractivity contribution in [2.45, 2.75) is 65.3 Å². The highest BCUT2D eigenvalue weighted by atomic mass is 35.5. The Morgan fingerprint density at radius 2 is 1.68 bits per heavy atom. The average Bonchev–Trinajstić information content (AvgIpc) is 2.75. The normalized spacial score (nSPS) is 20.3. The summed E-state index contributed by atoms with van der Waals surface area (Å²) in [5.41, 5.74) is -0.881. The van der Waals surface area contributed by atoms with E-state index in [1.165, 1.54) is 10.8 Å². The number of nitrogens with zero attached hydrogens (tertiary/aromatic N) is 1. The highest BCUT2D eigenvalue weighted by Crippen LogP contribution is 2.37. The molecule has 0 N–H and O–H groups in total. The topological polar surface area (TPSA) is 49.7 Å². The molecular formula is C15H23BClNO4. The number of hydrogen-bond donors (Lipinski definition) is 0. The third kappa shape index (κ3) is 3.34. The van der Waals surface area contributed by atoms with Gasteiger partial charge in [0.05, 0.1) is 16.2 Å². The van der Waals surface area contributed by atoms with Crippen LogP contribution in [0.4, 0.5) is 4.79 Å². The van der Waals surface area contributed by atoms with Gasteiger partial charge in [-0.25, -0.2) is 4.79 Å². The summed E-state index contributed by atoms with van der Waals surface area (Å²) in [6.07, 6.45) is 2.62. The molecule has 1 aliphatic rings. The molecule has 0 radical (unpaired) electrons. The maximum absolute atomic E-state index is 12.1. The molecule has 2 rings (SSSR count). The Bertz CT molecular complexity index is 573. The minimum atomic E-state index is -0.610. The molecule has 1 aromatic heterocycles. The van der Waals surface area contributed by atoms with Crippen molar-refractivity contribution in [3.05, 3.63) is 17.4 Å². The molecule has 0 aromatic carbocycles. The van der Waals surface area contributed by atoms with Gasteiger partial charge in [-0.2, -0.15) is 0 Å². The Hall–Kier alpha value is -0.975. The molecule has 7 heteroatoms. The van der Waals surface area contributed by atoms with E-state index in [1.54, 1.807) is 6.20 Å². The van der Waals surface area contributed by atoms with Crippen LogP contribution >= 0.6 is 11.6 Å². The quantitative estimate of drug-likeness (QED) is 0.743. The Balaban J connectivity index is 2.23.